The highest BCUT2D eigenvalue weighted by Crippen LogP contribution is 2.23. The molecule has 0 spiro atoms. The topological polar surface area (TPSA) is 20.3 Å². The van der Waals surface area contributed by atoms with Crippen molar-refractivity contribution in [3.05, 3.63) is 60.2 Å². The molecule has 0 radical (unpaired) electrons. The average Bonchev–Trinajstić information content (AvgIpc) is 2.47. The minimum Gasteiger partial charge on any atom is -0.345 e. The van der Waals surface area contributed by atoms with Gasteiger partial charge in [-0.3, -0.25) is 4.79 Å². The summed E-state index contributed by atoms with van der Waals surface area (Å²) in [6.45, 7) is 1.88. The van der Waals surface area contributed by atoms with Crippen molar-refractivity contribution in [2.24, 2.45) is 0 Å². The van der Waals surface area contributed by atoms with Gasteiger partial charge in [0.15, 0.2) is 5.78 Å². The first-order valence-corrected chi connectivity index (χ1v) is 6.14. The Morgan fingerprint density at radius 1 is 0.944 bits per heavy atom. The van der Waals surface area contributed by atoms with Crippen molar-refractivity contribution in [1.29, 1.82) is 0 Å². The molecule has 2 aromatic carbocycles. The maximum absolute atomic E-state index is 11.6. The summed E-state index contributed by atoms with van der Waals surface area (Å²) in [6, 6.07) is 17.9. The molecule has 0 unspecified atom stereocenters. The zero-order chi connectivity index (χ0) is 13.0. The van der Waals surface area contributed by atoms with E-state index in [-0.39, 0.29) is 5.78 Å². The Kier molecular flexibility index (Phi) is 3.78. The van der Waals surface area contributed by atoms with E-state index in [0.29, 0.717) is 6.42 Å². The van der Waals surface area contributed by atoms with Crippen molar-refractivity contribution in [3.8, 4) is 0 Å². The lowest BCUT2D eigenvalue weighted by atomic mass is 10.1. The van der Waals surface area contributed by atoms with E-state index >= 15 is 0 Å². The smallest absolute Gasteiger partial charge is 0.162 e. The van der Waals surface area contributed by atoms with Gasteiger partial charge < -0.3 is 4.90 Å². The molecule has 2 nitrogen and oxygen atoms in total. The molecule has 2 rings (SSSR count). The van der Waals surface area contributed by atoms with Gasteiger partial charge in [0.25, 0.3) is 0 Å². The number of carbonyl (C=O) groups is 1. The molecule has 0 saturated heterocycles. The summed E-state index contributed by atoms with van der Waals surface area (Å²) in [4.78, 5) is 13.6. The zero-order valence-corrected chi connectivity index (χ0v) is 10.8. The van der Waals surface area contributed by atoms with E-state index in [4.69, 9.17) is 0 Å². The largest absolute Gasteiger partial charge is 0.345 e. The van der Waals surface area contributed by atoms with Crippen LogP contribution in [-0.4, -0.2) is 12.8 Å². The quantitative estimate of drug-likeness (QED) is 0.750. The van der Waals surface area contributed by atoms with Gasteiger partial charge in [-0.05, 0) is 36.4 Å². The number of rotatable bonds is 4. The molecule has 0 aliphatic rings. The fourth-order valence-electron chi connectivity index (χ4n) is 1.88. The Labute approximate surface area is 108 Å². The van der Waals surface area contributed by atoms with E-state index in [0.717, 1.165) is 16.9 Å². The number of ketones is 1. The van der Waals surface area contributed by atoms with Crippen molar-refractivity contribution in [2.45, 2.75) is 13.3 Å². The number of hydrogen-bond acceptors (Lipinski definition) is 2. The normalized spacial score (nSPS) is 10.1. The van der Waals surface area contributed by atoms with Crippen LogP contribution in [0.3, 0.4) is 0 Å². The lowest BCUT2D eigenvalue weighted by Crippen LogP contribution is -2.09. The lowest BCUT2D eigenvalue weighted by molar-refractivity contribution is 0.0988. The van der Waals surface area contributed by atoms with Gasteiger partial charge in [-0.2, -0.15) is 0 Å². The molecule has 0 aliphatic heterocycles. The van der Waals surface area contributed by atoms with E-state index in [1.807, 2.05) is 56.4 Å². The van der Waals surface area contributed by atoms with E-state index in [9.17, 15) is 4.79 Å². The van der Waals surface area contributed by atoms with Gasteiger partial charge in [0.05, 0.1) is 0 Å². The van der Waals surface area contributed by atoms with Crippen molar-refractivity contribution in [2.75, 3.05) is 11.9 Å². The summed E-state index contributed by atoms with van der Waals surface area (Å²) in [5.74, 6) is 0.184. The second-order valence-corrected chi connectivity index (χ2v) is 4.22. The van der Waals surface area contributed by atoms with Crippen molar-refractivity contribution in [1.82, 2.24) is 0 Å². The summed E-state index contributed by atoms with van der Waals surface area (Å²) in [7, 11) is 2.02. The summed E-state index contributed by atoms with van der Waals surface area (Å²) in [6.07, 6.45) is 0.549. The van der Waals surface area contributed by atoms with Crippen LogP contribution in [0.25, 0.3) is 0 Å². The van der Waals surface area contributed by atoms with Gasteiger partial charge in [0.2, 0.25) is 0 Å². The number of carbonyl (C=O) groups excluding carboxylic acids is 1. The molecule has 0 amide bonds. The van der Waals surface area contributed by atoms with Crippen LogP contribution in [0.1, 0.15) is 23.7 Å². The van der Waals surface area contributed by atoms with E-state index in [1.54, 1.807) is 0 Å². The van der Waals surface area contributed by atoms with Crippen LogP contribution < -0.4 is 4.90 Å². The monoisotopic (exact) mass is 239 g/mol. The lowest BCUT2D eigenvalue weighted by Gasteiger charge is -2.19. The number of benzene rings is 2. The Hall–Kier alpha value is -2.09. The van der Waals surface area contributed by atoms with Crippen LogP contribution in [0.15, 0.2) is 54.6 Å². The Balaban J connectivity index is 2.22. The van der Waals surface area contributed by atoms with Crippen molar-refractivity contribution < 1.29 is 4.79 Å². The van der Waals surface area contributed by atoms with Gasteiger partial charge in [-0.1, -0.05) is 25.1 Å². The summed E-state index contributed by atoms with van der Waals surface area (Å²) < 4.78 is 0. The van der Waals surface area contributed by atoms with Gasteiger partial charge in [0.1, 0.15) is 0 Å². The number of hydrogen-bond donors (Lipinski definition) is 0. The van der Waals surface area contributed by atoms with Crippen molar-refractivity contribution in [3.63, 3.8) is 0 Å². The van der Waals surface area contributed by atoms with E-state index < -0.39 is 0 Å². The Bertz CT molecular complexity index is 517. The molecular formula is C16H17NO. The van der Waals surface area contributed by atoms with Crippen molar-refractivity contribution >= 4 is 17.2 Å². The summed E-state index contributed by atoms with van der Waals surface area (Å²) in [5.41, 5.74) is 2.99. The van der Waals surface area contributed by atoms with Gasteiger partial charge in [0, 0.05) is 30.4 Å². The van der Waals surface area contributed by atoms with Crippen LogP contribution in [0.5, 0.6) is 0 Å². The first kappa shape index (κ1) is 12.4. The van der Waals surface area contributed by atoms with E-state index in [1.165, 1.54) is 0 Å². The molecule has 0 saturated carbocycles. The molecule has 2 heteroatoms. The number of para-hydroxylation sites is 1. The second kappa shape index (κ2) is 5.50. The highest BCUT2D eigenvalue weighted by molar-refractivity contribution is 5.96. The van der Waals surface area contributed by atoms with Crippen LogP contribution in [0.2, 0.25) is 0 Å². The fourth-order valence-corrected chi connectivity index (χ4v) is 1.88. The molecule has 0 N–H and O–H groups in total. The standard InChI is InChI=1S/C16H17NO/c1-3-16(18)13-9-11-15(12-10-13)17(2)14-7-5-4-6-8-14/h4-12H,3H2,1-2H3. The molecule has 0 bridgehead atoms. The van der Waals surface area contributed by atoms with E-state index in [2.05, 4.69) is 17.0 Å². The molecule has 0 heterocycles. The molecule has 18 heavy (non-hydrogen) atoms. The Morgan fingerprint density at radius 3 is 2.06 bits per heavy atom. The molecule has 2 aromatic rings. The second-order valence-electron chi connectivity index (χ2n) is 4.22. The van der Waals surface area contributed by atoms with Gasteiger partial charge >= 0.3 is 0 Å². The highest BCUT2D eigenvalue weighted by Gasteiger charge is 2.05. The number of nitrogens with zero attached hydrogens (tertiary/aromatic N) is 1. The fraction of sp³-hybridized carbons (Fsp3) is 0.188. The van der Waals surface area contributed by atoms with Crippen LogP contribution in [-0.2, 0) is 0 Å². The Morgan fingerprint density at radius 2 is 1.50 bits per heavy atom. The molecule has 0 atom stereocenters. The van der Waals surface area contributed by atoms with Crippen LogP contribution >= 0.6 is 0 Å². The SMILES string of the molecule is CCC(=O)c1ccc(N(C)c2ccccc2)cc1. The minimum absolute atomic E-state index is 0.184. The minimum atomic E-state index is 0.184. The van der Waals surface area contributed by atoms with Gasteiger partial charge in [-0.15, -0.1) is 0 Å². The zero-order valence-electron chi connectivity index (χ0n) is 10.8. The van der Waals surface area contributed by atoms with Crippen LogP contribution in [0.4, 0.5) is 11.4 Å². The highest BCUT2D eigenvalue weighted by atomic mass is 16.1. The van der Waals surface area contributed by atoms with Crippen LogP contribution in [0, 0.1) is 0 Å². The summed E-state index contributed by atoms with van der Waals surface area (Å²) in [5, 5.41) is 0. The molecule has 0 aliphatic carbocycles. The van der Waals surface area contributed by atoms with Gasteiger partial charge in [-0.25, -0.2) is 0 Å². The number of anilines is 2. The third-order valence-corrected chi connectivity index (χ3v) is 3.04. The molecular weight excluding hydrogens is 222 g/mol. The predicted octanol–water partition coefficient (Wildman–Crippen LogP) is 4.05. The maximum Gasteiger partial charge on any atom is 0.162 e. The molecule has 92 valence electrons. The number of Topliss-reactive ketones (excluding diaryl/α,β-unsaturated/α-hetero) is 1. The summed E-state index contributed by atoms with van der Waals surface area (Å²) >= 11 is 0. The maximum atomic E-state index is 11.6. The molecule has 0 aromatic heterocycles. The average molecular weight is 239 g/mol. The third kappa shape index (κ3) is 2.59. The first-order valence-electron chi connectivity index (χ1n) is 6.14. The molecule has 0 fully saturated rings. The predicted molar refractivity (Wildman–Crippen MR) is 75.6 cm³/mol. The first-order chi connectivity index (χ1) is 8.72. The third-order valence-electron chi connectivity index (χ3n) is 3.04.